The Morgan fingerprint density at radius 1 is 0.650 bits per heavy atom. The quantitative estimate of drug-likeness (QED) is 0.00420. The number of esters is 2. The van der Waals surface area contributed by atoms with Gasteiger partial charge in [-0.05, 0) is 61.2 Å². The van der Waals surface area contributed by atoms with Crippen LogP contribution in [-0.4, -0.2) is 178 Å². The third-order valence-electron chi connectivity index (χ3n) is 14.5. The normalized spacial score (nSPS) is 14.4. The molecule has 2 aliphatic heterocycles. The number of nitrogens with one attached hydrogen (secondary N) is 1. The van der Waals surface area contributed by atoms with Crippen molar-refractivity contribution in [1.29, 1.82) is 0 Å². The van der Waals surface area contributed by atoms with Crippen molar-refractivity contribution in [3.8, 4) is 11.1 Å². The predicted molar refractivity (Wildman–Crippen MR) is 351 cm³/mol. The number of aliphatic hydroxyl groups excluding tert-OH is 7. The van der Waals surface area contributed by atoms with Crippen LogP contribution in [0.3, 0.4) is 0 Å². The van der Waals surface area contributed by atoms with E-state index >= 15 is 0 Å². The number of rotatable bonds is 23. The molecule has 2 aromatic heterocycles. The van der Waals surface area contributed by atoms with Gasteiger partial charge in [-0.1, -0.05) is 43.0 Å². The molecular weight excluding hydrogens is 1600 g/mol. The van der Waals surface area contributed by atoms with Gasteiger partial charge in [0, 0.05) is 110 Å². The van der Waals surface area contributed by atoms with Gasteiger partial charge >= 0.3 is 115 Å². The van der Waals surface area contributed by atoms with Crippen LogP contribution in [0, 0.1) is 37.3 Å². The Labute approximate surface area is 707 Å². The van der Waals surface area contributed by atoms with E-state index in [0.29, 0.717) is 17.4 Å². The van der Waals surface area contributed by atoms with Crippen molar-refractivity contribution in [3.63, 3.8) is 0 Å². The molecule has 4 heterocycles. The van der Waals surface area contributed by atoms with Crippen LogP contribution in [0.1, 0.15) is 56.9 Å². The molecule has 8 rings (SSSR count). The van der Waals surface area contributed by atoms with Crippen LogP contribution in [-0.2, 0) is 41.7 Å². The van der Waals surface area contributed by atoms with Gasteiger partial charge in [0.1, 0.15) is 11.2 Å². The summed E-state index contributed by atoms with van der Waals surface area (Å²) in [6, 6.07) is 25.1. The number of halogens is 2. The molecular formula is C63H67Br2K2N9O24S3. The summed E-state index contributed by atoms with van der Waals surface area (Å²) < 4.78 is 13.1. The summed E-state index contributed by atoms with van der Waals surface area (Å²) in [5.41, 5.74) is 0.377. The Morgan fingerprint density at radius 3 is 1.59 bits per heavy atom. The summed E-state index contributed by atoms with van der Waals surface area (Å²) in [5.74, 6) is -7.72. The summed E-state index contributed by atoms with van der Waals surface area (Å²) in [4.78, 5) is 114. The van der Waals surface area contributed by atoms with E-state index in [4.69, 9.17) is 9.47 Å². The smallest absolute Gasteiger partial charge is 1.00 e. The number of pyridine rings is 2. The number of nitro groups is 3. The van der Waals surface area contributed by atoms with Gasteiger partial charge in [0.25, 0.3) is 34.8 Å². The van der Waals surface area contributed by atoms with Gasteiger partial charge in [0.2, 0.25) is 5.76 Å². The number of nitro benzene ring substituents is 3. The van der Waals surface area contributed by atoms with E-state index in [0.717, 1.165) is 33.7 Å². The number of thiol groups is 1. The van der Waals surface area contributed by atoms with E-state index in [1.54, 1.807) is 97.1 Å². The zero-order chi connectivity index (χ0) is 73.9. The van der Waals surface area contributed by atoms with Gasteiger partial charge in [-0.25, -0.2) is 18.7 Å². The van der Waals surface area contributed by atoms with Crippen molar-refractivity contribution in [2.24, 2.45) is 0 Å². The molecule has 6 unspecified atom stereocenters. The van der Waals surface area contributed by atoms with E-state index in [9.17, 15) is 110 Å². The van der Waals surface area contributed by atoms with Gasteiger partial charge in [-0.3, -0.25) is 54.7 Å². The van der Waals surface area contributed by atoms with E-state index in [2.05, 4.69) is 17.9 Å². The van der Waals surface area contributed by atoms with Gasteiger partial charge in [0.15, 0.2) is 68.1 Å². The number of ether oxygens (including phenoxy) is 2. The van der Waals surface area contributed by atoms with Crippen molar-refractivity contribution >= 4 is 106 Å². The first kappa shape index (κ1) is 94.5. The molecule has 6 aromatic rings. The van der Waals surface area contributed by atoms with Crippen LogP contribution in [0.2, 0.25) is 0 Å². The van der Waals surface area contributed by atoms with Gasteiger partial charge in [-0.15, -0.1) is 11.8 Å². The zero-order valence-electron chi connectivity index (χ0n) is 56.3. The molecule has 0 saturated heterocycles. The van der Waals surface area contributed by atoms with Crippen LogP contribution in [0.15, 0.2) is 161 Å². The maximum absolute atomic E-state index is 12.4. The summed E-state index contributed by atoms with van der Waals surface area (Å²) in [6.45, 7) is 4.92. The number of carbonyl (C=O) groups excluding carboxylic acids is 7. The largest absolute Gasteiger partial charge is 1.00 e. The monoisotopic (exact) mass is 1670 g/mol. The number of anilines is 2. The fraction of sp³-hybridized carbons (Fsp3) is 0.286. The SMILES string of the molecule is CC1=C(O)C(C(O)C[n+]2ccc(-c3cc[n+](CC(O)C4OC(=O)C(O)=C4O)cc3)cc2)OC1=O.CCC(O)C(O)Sc1c(C(=O)[O-])cccc1[N+](=O)[O-].CN(C)c1cccc(C(=O)Nc2cccc([N+](=O)[O-])c2)c1C(=O)[O-].Cc1cc([N+](=O)[O-])ccc1SCC(=O)N(C)N(C)C(=O)CS.[Br-].[Br-].[K+].[K+]. The third kappa shape index (κ3) is 26.5. The number of nitrogens with zero attached hydrogens (tertiary/aromatic N) is 8. The van der Waals surface area contributed by atoms with Crippen molar-refractivity contribution in [1.82, 2.24) is 10.0 Å². The second-order valence-corrected chi connectivity index (χ2v) is 23.9. The van der Waals surface area contributed by atoms with Gasteiger partial charge in [-0.2, -0.15) is 12.6 Å². The molecule has 6 atom stereocenters. The van der Waals surface area contributed by atoms with Crippen molar-refractivity contribution in [2.75, 3.05) is 49.9 Å². The number of aryl methyl sites for hydroxylation is 1. The molecule has 4 aromatic carbocycles. The first-order valence-corrected chi connectivity index (χ1v) is 31.5. The Balaban J connectivity index is 0.000000695. The predicted octanol–water partition coefficient (Wildman–Crippen LogP) is -9.15. The number of carbonyl (C=O) groups is 7. The van der Waals surface area contributed by atoms with E-state index in [1.807, 2.05) is 12.1 Å². The molecule has 3 amide bonds. The minimum absolute atomic E-state index is 0. The number of non-ortho nitro benzene ring substituents is 2. The third-order valence-corrected chi connectivity index (χ3v) is 17.1. The molecule has 33 nitrogen and oxygen atoms in total. The van der Waals surface area contributed by atoms with Crippen molar-refractivity contribution in [2.45, 2.75) is 86.0 Å². The Morgan fingerprint density at radius 2 is 1.15 bits per heavy atom. The molecule has 0 spiro atoms. The molecule has 0 fully saturated rings. The number of hydrogen-bond donors (Lipinski definition) is 9. The number of aromatic nitrogens is 2. The Hall–Kier alpha value is -6.53. The number of carboxylic acid groups (broad SMARTS) is 2. The maximum atomic E-state index is 12.4. The minimum atomic E-state index is -1.58. The molecule has 0 bridgehead atoms. The number of cyclic esters (lactones) is 2. The first-order chi connectivity index (χ1) is 46.6. The van der Waals surface area contributed by atoms with Crippen LogP contribution >= 0.6 is 36.2 Å². The number of amides is 3. The second-order valence-electron chi connectivity index (χ2n) is 21.4. The summed E-state index contributed by atoms with van der Waals surface area (Å²) in [5, 5.41) is 128. The molecule has 0 aliphatic carbocycles. The number of thioether (sulfide) groups is 2. The first-order valence-electron chi connectivity index (χ1n) is 29.0. The van der Waals surface area contributed by atoms with Crippen LogP contribution in [0.25, 0.3) is 11.1 Å². The van der Waals surface area contributed by atoms with Crippen molar-refractivity contribution < 1.29 is 250 Å². The number of aliphatic hydroxyl groups is 7. The van der Waals surface area contributed by atoms with E-state index < -0.39 is 97.7 Å². The second kappa shape index (κ2) is 44.4. The van der Waals surface area contributed by atoms with E-state index in [-0.39, 0.29) is 230 Å². The number of hydrazine groups is 1. The number of aromatic carboxylic acids is 2. The number of hydrogen-bond acceptors (Lipinski definition) is 28. The Bertz CT molecular complexity index is 3990. The molecule has 0 saturated carbocycles. The molecule has 8 N–H and O–H groups in total. The average Bonchev–Trinajstić information content (AvgIpc) is 1.17. The number of carboxylic acids is 2. The fourth-order valence-electron chi connectivity index (χ4n) is 8.88. The number of benzene rings is 4. The molecule has 103 heavy (non-hydrogen) atoms. The summed E-state index contributed by atoms with van der Waals surface area (Å²) in [6.07, 6.45) is 1.21. The van der Waals surface area contributed by atoms with Crippen LogP contribution < -0.4 is 166 Å². The standard InChI is InChI=1S/C23H22N2O9.C16H15N3O5.C13H17N3O4S2.C11H13NO6S.2BrH.2K/c1-12-17(28)20(33-22(12)31)15(26)10-24-6-2-13(3-7-24)14-4-8-25(9-5-14)11-16(27)21-18(29)19(30)23(32)34-21;1-18(2)13-8-4-7-12(14(13)16(21)22)15(20)17-10-5-3-6-11(9-10)19(23)24;1-9-6-10(16(19)20)4-5-11(9)22-8-13(18)15(3)14(2)12(17)7-21;1-2-8(13)11(16)19-9-6(10(14)15)4-3-5-7(9)12(17)18;;;;/h2-9,15-16,20-21,26-27H,10-11H2,1H3,(H,28,31);3-9H,1-2H3,(H,17,20)(H,21,22);4-6,21H,7-8H2,1-3H3;3-5,8,11,13,16H,2H2,1H3,(H,14,15);2*1H;;/q;;;;;;2*+1/p-2. The van der Waals surface area contributed by atoms with Gasteiger partial charge in [0.05, 0.1) is 60.4 Å². The summed E-state index contributed by atoms with van der Waals surface area (Å²) in [7, 11) is 6.29. The topological polar surface area (TPSA) is 485 Å². The molecule has 40 heteroatoms. The van der Waals surface area contributed by atoms with Crippen LogP contribution in [0.4, 0.5) is 28.4 Å². The Kier molecular flexibility index (Phi) is 40.8. The minimum Gasteiger partial charge on any atom is -1.00 e. The fourth-order valence-corrected chi connectivity index (χ4v) is 11.1. The van der Waals surface area contributed by atoms with Crippen LogP contribution in [0.5, 0.6) is 0 Å². The van der Waals surface area contributed by atoms with E-state index in [1.165, 1.54) is 91.3 Å². The molecule has 2 aliphatic rings. The average molecular weight is 1670 g/mol. The molecule has 0 radical (unpaired) electrons. The van der Waals surface area contributed by atoms with Crippen molar-refractivity contribution in [3.05, 3.63) is 203 Å². The zero-order valence-corrected chi connectivity index (χ0v) is 68.2. The maximum Gasteiger partial charge on any atom is 1.00 e. The molecule has 542 valence electrons. The van der Waals surface area contributed by atoms with Gasteiger partial charge < -0.3 is 109 Å². The summed E-state index contributed by atoms with van der Waals surface area (Å²) >= 11 is 5.68.